The summed E-state index contributed by atoms with van der Waals surface area (Å²) in [5.41, 5.74) is 2.60. The topological polar surface area (TPSA) is 23.6 Å². The molecule has 1 aromatic rings. The predicted molar refractivity (Wildman–Crippen MR) is 77.3 cm³/mol. The van der Waals surface area contributed by atoms with E-state index in [0.717, 1.165) is 32.5 Å². The number of benzene rings is 1. The van der Waals surface area contributed by atoms with Crippen molar-refractivity contribution in [2.24, 2.45) is 5.92 Å². The molecular weight excluding hydrogens is 236 g/mol. The lowest BCUT2D eigenvalue weighted by atomic mass is 10.1. The highest BCUT2D eigenvalue weighted by molar-refractivity contribution is 5.88. The molecule has 1 amide bonds. The largest absolute Gasteiger partial charge is 0.359 e. The average molecular weight is 258 g/mol. The second-order valence-electron chi connectivity index (χ2n) is 6.07. The van der Waals surface area contributed by atoms with Gasteiger partial charge >= 0.3 is 0 Å². The zero-order valence-electron chi connectivity index (χ0n) is 11.8. The predicted octanol–water partition coefficient (Wildman–Crippen LogP) is 2.31. The lowest BCUT2D eigenvalue weighted by molar-refractivity contribution is -0.132. The van der Waals surface area contributed by atoms with Gasteiger partial charge in [0.15, 0.2) is 0 Å². The molecule has 1 aromatic carbocycles. The van der Waals surface area contributed by atoms with E-state index in [1.54, 1.807) is 0 Å². The van der Waals surface area contributed by atoms with E-state index in [1.807, 2.05) is 0 Å². The quantitative estimate of drug-likeness (QED) is 0.812. The summed E-state index contributed by atoms with van der Waals surface area (Å²) in [6, 6.07) is 8.49. The summed E-state index contributed by atoms with van der Waals surface area (Å²) in [7, 11) is 0. The van der Waals surface area contributed by atoms with Crippen LogP contribution in [-0.4, -0.2) is 36.5 Å². The molecule has 2 aliphatic heterocycles. The number of carbonyl (C=O) groups excluding carboxylic acids is 1. The third-order valence-corrected chi connectivity index (χ3v) is 4.10. The Morgan fingerprint density at radius 1 is 1.26 bits per heavy atom. The summed E-state index contributed by atoms with van der Waals surface area (Å²) >= 11 is 0. The molecule has 2 aliphatic rings. The van der Waals surface area contributed by atoms with Crippen LogP contribution in [0.5, 0.6) is 0 Å². The highest BCUT2D eigenvalue weighted by atomic mass is 16.2. The highest BCUT2D eigenvalue weighted by Crippen LogP contribution is 2.34. The van der Waals surface area contributed by atoms with Gasteiger partial charge in [0.1, 0.15) is 6.04 Å². The molecule has 0 radical (unpaired) electrons. The van der Waals surface area contributed by atoms with Gasteiger partial charge in [-0.2, -0.15) is 0 Å². The van der Waals surface area contributed by atoms with E-state index in [1.165, 1.54) is 11.3 Å². The van der Waals surface area contributed by atoms with Crippen LogP contribution in [0, 0.1) is 5.92 Å². The molecule has 3 nitrogen and oxygen atoms in total. The maximum absolute atomic E-state index is 12.7. The number of anilines is 1. The van der Waals surface area contributed by atoms with Crippen molar-refractivity contribution < 1.29 is 4.79 Å². The number of para-hydroxylation sites is 1. The molecule has 1 atom stereocenters. The fourth-order valence-electron chi connectivity index (χ4n) is 3.32. The van der Waals surface area contributed by atoms with Crippen molar-refractivity contribution in [1.29, 1.82) is 0 Å². The van der Waals surface area contributed by atoms with Gasteiger partial charge in [-0.05, 0) is 24.0 Å². The Hall–Kier alpha value is -1.51. The summed E-state index contributed by atoms with van der Waals surface area (Å²) in [6.45, 7) is 7.16. The summed E-state index contributed by atoms with van der Waals surface area (Å²) in [4.78, 5) is 17.1. The molecule has 0 bridgehead atoms. The van der Waals surface area contributed by atoms with Crippen molar-refractivity contribution in [3.8, 4) is 0 Å². The molecule has 0 N–H and O–H groups in total. The number of hydrogen-bond acceptors (Lipinski definition) is 2. The fourth-order valence-corrected chi connectivity index (χ4v) is 3.32. The van der Waals surface area contributed by atoms with Gasteiger partial charge in [0, 0.05) is 31.7 Å². The van der Waals surface area contributed by atoms with Crippen LogP contribution in [-0.2, 0) is 11.2 Å². The minimum absolute atomic E-state index is 0.0404. The maximum Gasteiger partial charge on any atom is 0.245 e. The van der Waals surface area contributed by atoms with Crippen LogP contribution in [0.25, 0.3) is 0 Å². The fraction of sp³-hybridized carbons (Fsp3) is 0.562. The van der Waals surface area contributed by atoms with E-state index >= 15 is 0 Å². The Bertz CT molecular complexity index is 483. The molecule has 102 valence electrons. The Kier molecular flexibility index (Phi) is 3.21. The van der Waals surface area contributed by atoms with Gasteiger partial charge in [-0.3, -0.25) is 4.79 Å². The second-order valence-corrected chi connectivity index (χ2v) is 6.07. The summed E-state index contributed by atoms with van der Waals surface area (Å²) < 4.78 is 0. The van der Waals surface area contributed by atoms with Crippen molar-refractivity contribution >= 4 is 11.6 Å². The number of amides is 1. The van der Waals surface area contributed by atoms with E-state index in [-0.39, 0.29) is 6.04 Å². The van der Waals surface area contributed by atoms with Crippen molar-refractivity contribution in [1.82, 2.24) is 4.90 Å². The standard InChI is InChI=1S/C16H22N2O/c1-12(2)11-17-8-5-9-18-14-7-4-3-6-13(14)10-15(18)16(17)19/h3-4,6-7,12,15H,5,8-11H2,1-2H3. The van der Waals surface area contributed by atoms with Crippen LogP contribution in [0.3, 0.4) is 0 Å². The van der Waals surface area contributed by atoms with Crippen LogP contribution in [0.15, 0.2) is 24.3 Å². The van der Waals surface area contributed by atoms with Gasteiger partial charge in [0.05, 0.1) is 0 Å². The first-order chi connectivity index (χ1) is 9.16. The van der Waals surface area contributed by atoms with E-state index in [2.05, 4.69) is 47.9 Å². The Labute approximate surface area is 115 Å². The van der Waals surface area contributed by atoms with E-state index in [9.17, 15) is 4.79 Å². The molecule has 3 rings (SSSR count). The Morgan fingerprint density at radius 3 is 2.84 bits per heavy atom. The van der Waals surface area contributed by atoms with Crippen LogP contribution < -0.4 is 4.90 Å². The zero-order chi connectivity index (χ0) is 13.4. The average Bonchev–Trinajstić information content (AvgIpc) is 2.68. The third-order valence-electron chi connectivity index (χ3n) is 4.10. The first-order valence-electron chi connectivity index (χ1n) is 7.30. The highest BCUT2D eigenvalue weighted by Gasteiger charge is 2.38. The number of carbonyl (C=O) groups is 1. The van der Waals surface area contributed by atoms with Gasteiger partial charge in [-0.15, -0.1) is 0 Å². The minimum Gasteiger partial charge on any atom is -0.359 e. The molecule has 1 unspecified atom stereocenters. The molecule has 0 saturated carbocycles. The van der Waals surface area contributed by atoms with Crippen LogP contribution in [0.2, 0.25) is 0 Å². The van der Waals surface area contributed by atoms with E-state index in [0.29, 0.717) is 11.8 Å². The van der Waals surface area contributed by atoms with Crippen LogP contribution >= 0.6 is 0 Å². The molecule has 2 heterocycles. The lowest BCUT2D eigenvalue weighted by Gasteiger charge is -2.27. The minimum atomic E-state index is 0.0404. The van der Waals surface area contributed by atoms with Crippen molar-refractivity contribution in [2.45, 2.75) is 32.7 Å². The molecule has 0 aliphatic carbocycles. The smallest absolute Gasteiger partial charge is 0.245 e. The molecule has 0 aromatic heterocycles. The second kappa shape index (κ2) is 4.87. The monoisotopic (exact) mass is 258 g/mol. The van der Waals surface area contributed by atoms with Gasteiger partial charge in [0.25, 0.3) is 0 Å². The lowest BCUT2D eigenvalue weighted by Crippen LogP contribution is -2.45. The van der Waals surface area contributed by atoms with Crippen molar-refractivity contribution in [3.05, 3.63) is 29.8 Å². The molecule has 19 heavy (non-hydrogen) atoms. The summed E-state index contributed by atoms with van der Waals surface area (Å²) in [6.07, 6.45) is 1.95. The molecule has 1 saturated heterocycles. The molecule has 3 heteroatoms. The van der Waals surface area contributed by atoms with Gasteiger partial charge in [-0.25, -0.2) is 0 Å². The van der Waals surface area contributed by atoms with Crippen molar-refractivity contribution in [2.75, 3.05) is 24.5 Å². The summed E-state index contributed by atoms with van der Waals surface area (Å²) in [5.74, 6) is 0.863. The summed E-state index contributed by atoms with van der Waals surface area (Å²) in [5, 5.41) is 0. The number of rotatable bonds is 2. The van der Waals surface area contributed by atoms with E-state index < -0.39 is 0 Å². The maximum atomic E-state index is 12.7. The Balaban J connectivity index is 1.86. The van der Waals surface area contributed by atoms with Crippen molar-refractivity contribution in [3.63, 3.8) is 0 Å². The first-order valence-corrected chi connectivity index (χ1v) is 7.30. The number of nitrogens with zero attached hydrogens (tertiary/aromatic N) is 2. The molecule has 1 fully saturated rings. The molecule has 0 spiro atoms. The molecular formula is C16H22N2O. The van der Waals surface area contributed by atoms with Crippen LogP contribution in [0.1, 0.15) is 25.8 Å². The SMILES string of the molecule is CC(C)CN1CCCN2c3ccccc3CC2C1=O. The van der Waals surface area contributed by atoms with Gasteiger partial charge in [0.2, 0.25) is 5.91 Å². The normalized spacial score (nSPS) is 22.5. The number of fused-ring (bicyclic) bond motifs is 3. The van der Waals surface area contributed by atoms with Crippen LogP contribution in [0.4, 0.5) is 5.69 Å². The third kappa shape index (κ3) is 2.22. The van der Waals surface area contributed by atoms with Gasteiger partial charge in [-0.1, -0.05) is 32.0 Å². The first kappa shape index (κ1) is 12.5. The Morgan fingerprint density at radius 2 is 2.05 bits per heavy atom. The van der Waals surface area contributed by atoms with E-state index in [4.69, 9.17) is 0 Å². The zero-order valence-corrected chi connectivity index (χ0v) is 11.8. The van der Waals surface area contributed by atoms with Gasteiger partial charge < -0.3 is 9.80 Å². The number of hydrogen-bond donors (Lipinski definition) is 0.